The molecule has 4 aliphatic rings. The van der Waals surface area contributed by atoms with Crippen molar-refractivity contribution in [3.8, 4) is 0 Å². The minimum Gasteiger partial charge on any atom is -0.299 e. The maximum Gasteiger partial charge on any atom is 0.253 e. The van der Waals surface area contributed by atoms with E-state index in [-0.39, 0.29) is 65.2 Å². The normalized spacial score (nSPS) is 36.9. The molecule has 7 heteroatoms. The maximum absolute atomic E-state index is 13.2. The van der Waals surface area contributed by atoms with Crippen molar-refractivity contribution < 1.29 is 24.0 Å². The molecule has 4 rings (SSSR count). The number of carbonyl (C=O) groups is 5. The van der Waals surface area contributed by atoms with Gasteiger partial charge in [0.1, 0.15) is 5.78 Å². The first kappa shape index (κ1) is 20.7. The van der Waals surface area contributed by atoms with Crippen LogP contribution in [0.1, 0.15) is 52.4 Å². The van der Waals surface area contributed by atoms with Crippen LogP contribution in [-0.2, 0) is 24.0 Å². The molecule has 0 N–H and O–H groups in total. The summed E-state index contributed by atoms with van der Waals surface area (Å²) < 4.78 is 0. The average Bonchev–Trinajstić information content (AvgIpc) is 3.22. The Bertz CT molecular complexity index is 756. The Hall–Kier alpha value is -2.57. The van der Waals surface area contributed by atoms with Crippen LogP contribution < -0.4 is 0 Å². The van der Waals surface area contributed by atoms with Crippen LogP contribution in [0, 0.1) is 23.7 Å². The van der Waals surface area contributed by atoms with E-state index < -0.39 is 0 Å². The summed E-state index contributed by atoms with van der Waals surface area (Å²) in [6.07, 6.45) is 9.32. The number of carbonyl (C=O) groups excluding carboxylic acids is 5. The van der Waals surface area contributed by atoms with Crippen LogP contribution in [0.5, 0.6) is 0 Å². The number of hydrogen-bond donors (Lipinski definition) is 0. The fraction of sp³-hybridized carbons (Fsp3) is 0.609. The van der Waals surface area contributed by atoms with Gasteiger partial charge in [0.25, 0.3) is 23.6 Å². The molecule has 2 aliphatic heterocycles. The van der Waals surface area contributed by atoms with Gasteiger partial charge in [-0.15, -0.1) is 0 Å². The summed E-state index contributed by atoms with van der Waals surface area (Å²) in [5.74, 6) is -0.697. The van der Waals surface area contributed by atoms with E-state index in [1.54, 1.807) is 0 Å². The third-order valence-electron chi connectivity index (χ3n) is 7.40. The standard InChI is InChI=1S/C23H28N2O5/c1-13-11-15(3-5-17(13)24-19(26)7-8-20(24)27)23(30)16-4-6-18(14(2)12-16)25-21(28)9-10-22(25)29/h7-10,13-18H,3-6,11-12H2,1-2H3. The predicted molar refractivity (Wildman–Crippen MR) is 108 cm³/mol. The molecule has 6 atom stereocenters. The third-order valence-corrected chi connectivity index (χ3v) is 7.40. The van der Waals surface area contributed by atoms with Gasteiger partial charge in [-0.1, -0.05) is 13.8 Å². The molecule has 4 amide bonds. The molecule has 0 aromatic heterocycles. The van der Waals surface area contributed by atoms with Crippen molar-refractivity contribution in [1.29, 1.82) is 0 Å². The number of nitrogens with zero attached hydrogens (tertiary/aromatic N) is 2. The van der Waals surface area contributed by atoms with Crippen molar-refractivity contribution in [2.45, 2.75) is 64.5 Å². The molecule has 0 saturated heterocycles. The SMILES string of the molecule is CC1CC(C(=O)C2CCC(N3C(=O)C=CC3=O)C(C)C2)CCC1N1C(=O)C=CC1=O. The van der Waals surface area contributed by atoms with E-state index >= 15 is 0 Å². The van der Waals surface area contributed by atoms with Gasteiger partial charge in [0.15, 0.2) is 0 Å². The number of imide groups is 2. The van der Waals surface area contributed by atoms with Crippen molar-refractivity contribution in [2.75, 3.05) is 0 Å². The highest BCUT2D eigenvalue weighted by Gasteiger charge is 2.44. The van der Waals surface area contributed by atoms with Gasteiger partial charge in [-0.25, -0.2) is 0 Å². The van der Waals surface area contributed by atoms with Crippen molar-refractivity contribution in [3.63, 3.8) is 0 Å². The number of hydrogen-bond acceptors (Lipinski definition) is 5. The van der Waals surface area contributed by atoms with Gasteiger partial charge in [0.05, 0.1) is 0 Å². The maximum atomic E-state index is 13.2. The largest absolute Gasteiger partial charge is 0.299 e. The third kappa shape index (κ3) is 3.55. The van der Waals surface area contributed by atoms with E-state index in [1.807, 2.05) is 13.8 Å². The van der Waals surface area contributed by atoms with E-state index in [9.17, 15) is 24.0 Å². The average molecular weight is 412 g/mol. The Kier molecular flexibility index (Phi) is 5.47. The summed E-state index contributed by atoms with van der Waals surface area (Å²) >= 11 is 0. The zero-order valence-corrected chi connectivity index (χ0v) is 17.5. The highest BCUT2D eigenvalue weighted by atomic mass is 16.2. The number of Topliss-reactive ketones (excluding diaryl/α,β-unsaturated/α-hetero) is 1. The Morgan fingerprint density at radius 3 is 1.30 bits per heavy atom. The predicted octanol–water partition coefficient (Wildman–Crippen LogP) is 2.02. The van der Waals surface area contributed by atoms with Crippen molar-refractivity contribution in [3.05, 3.63) is 24.3 Å². The molecule has 0 aromatic rings. The van der Waals surface area contributed by atoms with Crippen LogP contribution in [0.3, 0.4) is 0 Å². The fourth-order valence-electron chi connectivity index (χ4n) is 5.85. The number of rotatable bonds is 4. The lowest BCUT2D eigenvalue weighted by molar-refractivity contribution is -0.143. The van der Waals surface area contributed by atoms with Crippen LogP contribution in [0.4, 0.5) is 0 Å². The minimum absolute atomic E-state index is 0.0533. The number of amides is 4. The van der Waals surface area contributed by atoms with E-state index in [0.29, 0.717) is 38.5 Å². The molecule has 0 spiro atoms. The van der Waals surface area contributed by atoms with Crippen LogP contribution in [0.25, 0.3) is 0 Å². The quantitative estimate of drug-likeness (QED) is 0.659. The molecule has 6 unspecified atom stereocenters. The van der Waals surface area contributed by atoms with E-state index in [1.165, 1.54) is 34.1 Å². The Balaban J connectivity index is 1.35. The first-order valence-electron chi connectivity index (χ1n) is 10.9. The highest BCUT2D eigenvalue weighted by molar-refractivity contribution is 6.13. The van der Waals surface area contributed by atoms with Crippen molar-refractivity contribution in [1.82, 2.24) is 9.80 Å². The van der Waals surface area contributed by atoms with Gasteiger partial charge in [0.2, 0.25) is 0 Å². The molecule has 0 aromatic carbocycles. The summed E-state index contributed by atoms with van der Waals surface area (Å²) in [6.45, 7) is 4.03. The second-order valence-corrected chi connectivity index (χ2v) is 9.27. The van der Waals surface area contributed by atoms with E-state index in [0.717, 1.165) is 0 Å². The lowest BCUT2D eigenvalue weighted by Gasteiger charge is -2.41. The van der Waals surface area contributed by atoms with E-state index in [2.05, 4.69) is 0 Å². The van der Waals surface area contributed by atoms with Crippen LogP contribution in [0.15, 0.2) is 24.3 Å². The Morgan fingerprint density at radius 1 is 0.667 bits per heavy atom. The van der Waals surface area contributed by atoms with Gasteiger partial charge >= 0.3 is 0 Å². The van der Waals surface area contributed by atoms with Gasteiger partial charge in [0, 0.05) is 48.2 Å². The van der Waals surface area contributed by atoms with E-state index in [4.69, 9.17) is 0 Å². The molecule has 30 heavy (non-hydrogen) atoms. The fourth-order valence-corrected chi connectivity index (χ4v) is 5.85. The summed E-state index contributed by atoms with van der Waals surface area (Å²) in [7, 11) is 0. The molecule has 160 valence electrons. The highest BCUT2D eigenvalue weighted by Crippen LogP contribution is 2.40. The Labute approximate surface area is 176 Å². The lowest BCUT2D eigenvalue weighted by atomic mass is 9.69. The van der Waals surface area contributed by atoms with Crippen molar-refractivity contribution in [2.24, 2.45) is 23.7 Å². The molecular weight excluding hydrogens is 384 g/mol. The van der Waals surface area contributed by atoms with Crippen LogP contribution >= 0.6 is 0 Å². The monoisotopic (exact) mass is 412 g/mol. The summed E-state index contributed by atoms with van der Waals surface area (Å²) in [5.41, 5.74) is 0. The van der Waals surface area contributed by atoms with Gasteiger partial charge < -0.3 is 0 Å². The summed E-state index contributed by atoms with van der Waals surface area (Å²) in [6, 6.07) is -0.281. The topological polar surface area (TPSA) is 91.8 Å². The zero-order valence-electron chi connectivity index (χ0n) is 17.5. The molecule has 2 fully saturated rings. The summed E-state index contributed by atoms with van der Waals surface area (Å²) in [5, 5.41) is 0. The van der Waals surface area contributed by atoms with Crippen molar-refractivity contribution >= 4 is 29.4 Å². The number of ketones is 1. The van der Waals surface area contributed by atoms with Gasteiger partial charge in [-0.2, -0.15) is 0 Å². The van der Waals surface area contributed by atoms with Crippen LogP contribution in [-0.4, -0.2) is 51.3 Å². The second kappa shape index (κ2) is 7.93. The first-order valence-corrected chi connectivity index (χ1v) is 10.9. The molecule has 2 saturated carbocycles. The van der Waals surface area contributed by atoms with Gasteiger partial charge in [-0.3, -0.25) is 33.8 Å². The molecule has 7 nitrogen and oxygen atoms in total. The molecule has 0 radical (unpaired) electrons. The molecule has 2 heterocycles. The Morgan fingerprint density at radius 2 is 1.00 bits per heavy atom. The molecule has 0 bridgehead atoms. The molecule has 2 aliphatic carbocycles. The minimum atomic E-state index is -0.255. The lowest BCUT2D eigenvalue weighted by Crippen LogP contribution is -2.49. The summed E-state index contributed by atoms with van der Waals surface area (Å²) in [4.78, 5) is 64.0. The second-order valence-electron chi connectivity index (χ2n) is 9.27. The zero-order chi connectivity index (χ0) is 21.6. The first-order chi connectivity index (χ1) is 14.3. The smallest absolute Gasteiger partial charge is 0.253 e. The van der Waals surface area contributed by atoms with Crippen LogP contribution in [0.2, 0.25) is 0 Å². The molecular formula is C23H28N2O5. The van der Waals surface area contributed by atoms with Gasteiger partial charge in [-0.05, 0) is 50.4 Å².